The van der Waals surface area contributed by atoms with Crippen LogP contribution in [0.4, 0.5) is 0 Å². The first-order chi connectivity index (χ1) is 10.4. The predicted molar refractivity (Wildman–Crippen MR) is 79.6 cm³/mol. The third kappa shape index (κ3) is 3.74. The fourth-order valence-corrected chi connectivity index (χ4v) is 3.67. The summed E-state index contributed by atoms with van der Waals surface area (Å²) in [7, 11) is -1.42. The molecule has 0 aliphatic heterocycles. The normalized spacial score (nSPS) is 11.1. The lowest BCUT2D eigenvalue weighted by Gasteiger charge is -2.20. The number of hydrogen-bond acceptors (Lipinski definition) is 7. The van der Waals surface area contributed by atoms with Gasteiger partial charge in [-0.3, -0.25) is 4.57 Å². The van der Waals surface area contributed by atoms with E-state index in [2.05, 4.69) is 9.47 Å². The molecule has 0 amide bonds. The monoisotopic (exact) mass is 330 g/mol. The molecule has 1 aromatic rings. The van der Waals surface area contributed by atoms with E-state index in [-0.39, 0.29) is 29.6 Å². The Bertz CT molecular complexity index is 587. The SMILES string of the molecule is CCOP(=O)(OCC)c1cccc(C(=O)OC)c1C(=O)OC. The van der Waals surface area contributed by atoms with E-state index in [1.54, 1.807) is 13.8 Å². The van der Waals surface area contributed by atoms with Gasteiger partial charge >= 0.3 is 19.5 Å². The second kappa shape index (κ2) is 8.08. The standard InChI is InChI=1S/C14H19O7P/c1-5-20-22(17,21-6-2)11-9-7-8-10(13(15)18-3)12(11)14(16)19-4/h7-9H,5-6H2,1-4H3. The fraction of sp³-hybridized carbons (Fsp3) is 0.429. The summed E-state index contributed by atoms with van der Waals surface area (Å²) in [6, 6.07) is 4.26. The smallest absolute Gasteiger partial charge is 0.362 e. The van der Waals surface area contributed by atoms with E-state index >= 15 is 0 Å². The Kier molecular flexibility index (Phi) is 6.74. The first-order valence-electron chi connectivity index (χ1n) is 6.64. The van der Waals surface area contributed by atoms with E-state index in [1.807, 2.05) is 0 Å². The highest BCUT2D eigenvalue weighted by Gasteiger charge is 2.35. The van der Waals surface area contributed by atoms with Crippen LogP contribution in [0.25, 0.3) is 0 Å². The van der Waals surface area contributed by atoms with Gasteiger partial charge in [0.15, 0.2) is 0 Å². The molecule has 0 bridgehead atoms. The second-order valence-corrected chi connectivity index (χ2v) is 6.01. The summed E-state index contributed by atoms with van der Waals surface area (Å²) >= 11 is 0. The Labute approximate surface area is 129 Å². The molecule has 0 aliphatic carbocycles. The molecule has 7 nitrogen and oxygen atoms in total. The minimum absolute atomic E-state index is 0.0223. The minimum Gasteiger partial charge on any atom is -0.465 e. The maximum Gasteiger partial charge on any atom is 0.362 e. The molecule has 0 fully saturated rings. The molecule has 8 heteroatoms. The lowest BCUT2D eigenvalue weighted by atomic mass is 10.1. The van der Waals surface area contributed by atoms with E-state index in [0.29, 0.717) is 0 Å². The van der Waals surface area contributed by atoms with Crippen molar-refractivity contribution in [2.45, 2.75) is 13.8 Å². The predicted octanol–water partition coefficient (Wildman–Crippen LogP) is 2.15. The van der Waals surface area contributed by atoms with Gasteiger partial charge in [0.25, 0.3) is 0 Å². The van der Waals surface area contributed by atoms with Crippen LogP contribution in [0.5, 0.6) is 0 Å². The summed E-state index contributed by atoms with van der Waals surface area (Å²) in [4.78, 5) is 23.9. The van der Waals surface area contributed by atoms with Crippen LogP contribution < -0.4 is 5.30 Å². The maximum absolute atomic E-state index is 12.9. The van der Waals surface area contributed by atoms with Crippen LogP contribution in [0.2, 0.25) is 0 Å². The molecule has 0 heterocycles. The Morgan fingerprint density at radius 3 is 2.00 bits per heavy atom. The van der Waals surface area contributed by atoms with Gasteiger partial charge in [0.05, 0.1) is 43.9 Å². The van der Waals surface area contributed by atoms with Gasteiger partial charge in [0.1, 0.15) is 0 Å². The second-order valence-electron chi connectivity index (χ2n) is 4.02. The van der Waals surface area contributed by atoms with E-state index < -0.39 is 19.5 Å². The summed E-state index contributed by atoms with van der Waals surface area (Å²) in [6.07, 6.45) is 0. The highest BCUT2D eigenvalue weighted by molar-refractivity contribution is 7.62. The summed E-state index contributed by atoms with van der Waals surface area (Å²) < 4.78 is 32.7. The Hall–Kier alpha value is -1.69. The van der Waals surface area contributed by atoms with Crippen LogP contribution in [0, 0.1) is 0 Å². The Morgan fingerprint density at radius 1 is 1.00 bits per heavy atom. The first-order valence-corrected chi connectivity index (χ1v) is 8.18. The molecule has 0 aromatic heterocycles. The van der Waals surface area contributed by atoms with Gasteiger partial charge in [0.2, 0.25) is 0 Å². The third-order valence-electron chi connectivity index (χ3n) is 2.73. The number of rotatable bonds is 7. The number of esters is 2. The van der Waals surface area contributed by atoms with Crippen LogP contribution in [-0.4, -0.2) is 39.4 Å². The zero-order chi connectivity index (χ0) is 16.8. The van der Waals surface area contributed by atoms with Gasteiger partial charge in [-0.25, -0.2) is 9.59 Å². The molecule has 0 saturated heterocycles. The van der Waals surface area contributed by atoms with E-state index in [4.69, 9.17) is 9.05 Å². The zero-order valence-corrected chi connectivity index (χ0v) is 13.8. The zero-order valence-electron chi connectivity index (χ0n) is 13.0. The molecule has 0 atom stereocenters. The number of hydrogen-bond donors (Lipinski definition) is 0. The molecule has 122 valence electrons. The molecule has 22 heavy (non-hydrogen) atoms. The van der Waals surface area contributed by atoms with Crippen LogP contribution >= 0.6 is 7.60 Å². The van der Waals surface area contributed by atoms with Gasteiger partial charge in [-0.2, -0.15) is 0 Å². The van der Waals surface area contributed by atoms with E-state index in [9.17, 15) is 14.2 Å². The Morgan fingerprint density at radius 2 is 1.55 bits per heavy atom. The summed E-state index contributed by atoms with van der Waals surface area (Å²) in [5.41, 5.74) is -0.242. The van der Waals surface area contributed by atoms with Crippen molar-refractivity contribution in [1.29, 1.82) is 0 Å². The molecule has 0 aliphatic rings. The van der Waals surface area contributed by atoms with Crippen molar-refractivity contribution in [1.82, 2.24) is 0 Å². The number of methoxy groups -OCH3 is 2. The maximum atomic E-state index is 12.9. The molecule has 0 N–H and O–H groups in total. The summed E-state index contributed by atoms with van der Waals surface area (Å²) in [6.45, 7) is 3.52. The molecular weight excluding hydrogens is 311 g/mol. The van der Waals surface area contributed by atoms with Crippen molar-refractivity contribution < 1.29 is 32.7 Å². The third-order valence-corrected chi connectivity index (χ3v) is 4.89. The molecular formula is C14H19O7P. The molecule has 1 aromatic carbocycles. The Balaban J connectivity index is 3.62. The average Bonchev–Trinajstić information content (AvgIpc) is 2.53. The molecule has 1 rings (SSSR count). The number of carbonyl (C=O) groups excluding carboxylic acids is 2. The van der Waals surface area contributed by atoms with Crippen LogP contribution in [0.3, 0.4) is 0 Å². The largest absolute Gasteiger partial charge is 0.465 e. The van der Waals surface area contributed by atoms with Crippen LogP contribution in [0.1, 0.15) is 34.6 Å². The minimum atomic E-state index is -3.76. The van der Waals surface area contributed by atoms with Crippen LogP contribution in [-0.2, 0) is 23.1 Å². The molecule has 0 spiro atoms. The van der Waals surface area contributed by atoms with Gasteiger partial charge in [-0.1, -0.05) is 6.07 Å². The van der Waals surface area contributed by atoms with Crippen molar-refractivity contribution in [2.24, 2.45) is 0 Å². The highest BCUT2D eigenvalue weighted by Crippen LogP contribution is 2.48. The lowest BCUT2D eigenvalue weighted by molar-refractivity contribution is 0.0556. The molecule has 0 saturated carbocycles. The quantitative estimate of drug-likeness (QED) is 0.559. The van der Waals surface area contributed by atoms with Gasteiger partial charge in [-0.15, -0.1) is 0 Å². The fourth-order valence-electron chi connectivity index (χ4n) is 1.88. The van der Waals surface area contributed by atoms with Crippen molar-refractivity contribution in [3.63, 3.8) is 0 Å². The topological polar surface area (TPSA) is 88.1 Å². The van der Waals surface area contributed by atoms with Crippen LogP contribution in [0.15, 0.2) is 18.2 Å². The highest BCUT2D eigenvalue weighted by atomic mass is 31.2. The number of benzene rings is 1. The van der Waals surface area contributed by atoms with Gasteiger partial charge < -0.3 is 18.5 Å². The van der Waals surface area contributed by atoms with Crippen molar-refractivity contribution in [3.8, 4) is 0 Å². The van der Waals surface area contributed by atoms with Gasteiger partial charge in [0, 0.05) is 0 Å². The summed E-state index contributed by atoms with van der Waals surface area (Å²) in [5.74, 6) is -1.57. The number of carbonyl (C=O) groups is 2. The van der Waals surface area contributed by atoms with Crippen molar-refractivity contribution in [3.05, 3.63) is 29.3 Å². The van der Waals surface area contributed by atoms with E-state index in [1.165, 1.54) is 25.3 Å². The molecule has 0 unspecified atom stereocenters. The summed E-state index contributed by atoms with van der Waals surface area (Å²) in [5, 5.41) is -0.0223. The van der Waals surface area contributed by atoms with Crippen molar-refractivity contribution >= 4 is 24.8 Å². The van der Waals surface area contributed by atoms with E-state index in [0.717, 1.165) is 7.11 Å². The molecule has 0 radical (unpaired) electrons. The van der Waals surface area contributed by atoms with Gasteiger partial charge in [-0.05, 0) is 26.0 Å². The first kappa shape index (κ1) is 18.4. The number of ether oxygens (including phenoxy) is 2. The van der Waals surface area contributed by atoms with Crippen molar-refractivity contribution in [2.75, 3.05) is 27.4 Å². The average molecular weight is 330 g/mol. The lowest BCUT2D eigenvalue weighted by Crippen LogP contribution is -2.24.